The van der Waals surface area contributed by atoms with Gasteiger partial charge in [-0.15, -0.1) is 5.06 Å². The number of anilines is 1. The lowest BCUT2D eigenvalue weighted by molar-refractivity contribution is -0.438. The summed E-state index contributed by atoms with van der Waals surface area (Å²) in [6.45, 7) is 9.20. The lowest BCUT2D eigenvalue weighted by Gasteiger charge is -2.27. The van der Waals surface area contributed by atoms with E-state index in [9.17, 15) is 40.3 Å². The molecule has 0 radical (unpaired) electrons. The van der Waals surface area contributed by atoms with Gasteiger partial charge in [-0.3, -0.25) is 18.7 Å². The Morgan fingerprint density at radius 3 is 2.15 bits per heavy atom. The van der Waals surface area contributed by atoms with Gasteiger partial charge in [-0.1, -0.05) is 81.0 Å². The molecule has 1 fully saturated rings. The molecule has 2 aromatic rings. The fourth-order valence-electron chi connectivity index (χ4n) is 8.21. The Morgan fingerprint density at radius 2 is 1.44 bits per heavy atom. The van der Waals surface area contributed by atoms with E-state index in [-0.39, 0.29) is 29.1 Å². The molecule has 0 spiro atoms. The Balaban J connectivity index is 1.22. The first kappa shape index (κ1) is 45.1. The van der Waals surface area contributed by atoms with Gasteiger partial charge in [0, 0.05) is 66.7 Å². The summed E-state index contributed by atoms with van der Waals surface area (Å²) in [6.07, 6.45) is 27.3. The number of unbranched alkanes of at least 4 members (excludes halogenated alkanes) is 2. The fraction of sp³-hybridized carbons (Fsp3) is 0.348. The average molecular weight is 871 g/mol. The molecule has 3 heterocycles. The summed E-state index contributed by atoms with van der Waals surface area (Å²) in [6, 6.07) is 9.27. The van der Waals surface area contributed by atoms with Crippen molar-refractivity contribution in [2.24, 2.45) is 0 Å². The van der Waals surface area contributed by atoms with Crippen LogP contribution in [0.15, 0.2) is 130 Å². The van der Waals surface area contributed by atoms with Gasteiger partial charge in [0.1, 0.15) is 6.54 Å². The summed E-state index contributed by atoms with van der Waals surface area (Å²) in [5, 5.41) is 0.546. The highest BCUT2D eigenvalue weighted by Gasteiger charge is 2.45. The average Bonchev–Trinajstić information content (AvgIpc) is 3.69. The maximum atomic E-state index is 12.4. The van der Waals surface area contributed by atoms with Crippen LogP contribution < -0.4 is 4.90 Å². The standard InChI is InChI=1S/C46H51N3O10S2/c1-45(2)36-31-34(60(53,54)55)23-25-38(36)47(29-15-9-14-22-44(52)59-49-42(50)27-28-43(49)51)40(45)20-12-8-13-21-41-46(3,4)37-32-35(61(56,57)58)24-26-39(37)48(41)30-16-19-33-17-10-6-5-7-11-18-33/h5-8,10-13,17-18,20-21,23-26,31-32H,9,14-16,19,22,27-30H2,1-4H3,(H-,53,54,55,56,57,58)/p+1/b6-5-,7-5?,10-6?,11-7-,17-10?,18-11?,33-17?,33-18?. The normalized spacial score (nSPS) is 20.1. The maximum Gasteiger partial charge on any atom is 0.333 e. The number of hydroxylamine groups is 2. The van der Waals surface area contributed by atoms with Crippen molar-refractivity contribution in [3.63, 3.8) is 0 Å². The minimum absolute atomic E-state index is 0.0225. The van der Waals surface area contributed by atoms with E-state index < -0.39 is 48.8 Å². The van der Waals surface area contributed by atoms with Crippen molar-refractivity contribution in [1.82, 2.24) is 5.06 Å². The van der Waals surface area contributed by atoms with Crippen LogP contribution >= 0.6 is 0 Å². The summed E-state index contributed by atoms with van der Waals surface area (Å²) in [5.74, 6) is -1.71. The lowest BCUT2D eigenvalue weighted by Crippen LogP contribution is -2.32. The monoisotopic (exact) mass is 870 g/mol. The van der Waals surface area contributed by atoms with Crippen LogP contribution in [0.4, 0.5) is 11.4 Å². The summed E-state index contributed by atoms with van der Waals surface area (Å²) in [5.41, 5.74) is 4.91. The second-order valence-corrected chi connectivity index (χ2v) is 19.2. The van der Waals surface area contributed by atoms with Crippen molar-refractivity contribution in [3.05, 3.63) is 132 Å². The first-order chi connectivity index (χ1) is 28.8. The van der Waals surface area contributed by atoms with E-state index in [1.54, 1.807) is 18.2 Å². The van der Waals surface area contributed by atoms with E-state index in [0.29, 0.717) is 37.4 Å². The van der Waals surface area contributed by atoms with Crippen LogP contribution in [-0.4, -0.2) is 72.2 Å². The summed E-state index contributed by atoms with van der Waals surface area (Å²) < 4.78 is 70.5. The van der Waals surface area contributed by atoms with Gasteiger partial charge in [-0.25, -0.2) is 4.79 Å². The minimum Gasteiger partial charge on any atom is -0.344 e. The predicted molar refractivity (Wildman–Crippen MR) is 232 cm³/mol. The quantitative estimate of drug-likeness (QED) is 0.0551. The number of amides is 2. The molecule has 2 amide bonds. The zero-order valence-electron chi connectivity index (χ0n) is 34.8. The van der Waals surface area contributed by atoms with Crippen LogP contribution in [0.1, 0.15) is 90.2 Å². The minimum atomic E-state index is -4.46. The second-order valence-electron chi connectivity index (χ2n) is 16.4. The van der Waals surface area contributed by atoms with Crippen molar-refractivity contribution in [2.45, 2.75) is 99.7 Å². The van der Waals surface area contributed by atoms with E-state index in [2.05, 4.69) is 21.6 Å². The molecule has 0 atom stereocenters. The third-order valence-corrected chi connectivity index (χ3v) is 13.1. The summed E-state index contributed by atoms with van der Waals surface area (Å²) >= 11 is 0. The van der Waals surface area contributed by atoms with Gasteiger partial charge >= 0.3 is 5.97 Å². The number of fused-ring (bicyclic) bond motifs is 2. The molecule has 0 aromatic heterocycles. The van der Waals surface area contributed by atoms with Crippen molar-refractivity contribution < 1.29 is 49.7 Å². The first-order valence-electron chi connectivity index (χ1n) is 20.3. The second kappa shape index (κ2) is 18.2. The van der Waals surface area contributed by atoms with Gasteiger partial charge in [0.2, 0.25) is 5.69 Å². The number of hydrogen-bond donors (Lipinski definition) is 2. The number of carbonyl (C=O) groups is 3. The molecule has 6 rings (SSSR count). The van der Waals surface area contributed by atoms with Gasteiger partial charge < -0.3 is 9.74 Å². The summed E-state index contributed by atoms with van der Waals surface area (Å²) in [7, 11) is -8.88. The zero-order valence-corrected chi connectivity index (χ0v) is 36.4. The molecule has 1 aliphatic carbocycles. The SMILES string of the molecule is CC1(C)C(/C=C/C=C/C=C2/N(CCCCCC(=O)ON3C(=O)CCC3=O)c3ccc(S(=O)(=O)O)cc3C2(C)C)=[N+](CCCC2=C/C=C\C=C/C=C2)c2ccc(S(=O)(=O)O)cc21. The molecule has 13 nitrogen and oxygen atoms in total. The van der Waals surface area contributed by atoms with E-state index in [4.69, 9.17) is 4.84 Å². The number of nitrogens with zero attached hydrogens (tertiary/aromatic N) is 3. The van der Waals surface area contributed by atoms with Crippen molar-refractivity contribution in [3.8, 4) is 0 Å². The molecule has 4 aliphatic rings. The molecule has 2 aromatic carbocycles. The smallest absolute Gasteiger partial charge is 0.333 e. The van der Waals surface area contributed by atoms with E-state index >= 15 is 0 Å². The Morgan fingerprint density at radius 1 is 0.787 bits per heavy atom. The highest BCUT2D eigenvalue weighted by molar-refractivity contribution is 7.86. The fourth-order valence-corrected chi connectivity index (χ4v) is 9.22. The first-order valence-corrected chi connectivity index (χ1v) is 23.2. The van der Waals surface area contributed by atoms with Gasteiger partial charge in [0.15, 0.2) is 5.71 Å². The van der Waals surface area contributed by atoms with Crippen molar-refractivity contribution in [1.29, 1.82) is 0 Å². The Bertz CT molecular complexity index is 2570. The molecule has 15 heteroatoms. The number of rotatable bonds is 16. The third kappa shape index (κ3) is 10.2. The van der Waals surface area contributed by atoms with Crippen molar-refractivity contribution in [2.75, 3.05) is 18.0 Å². The Labute approximate surface area is 357 Å². The maximum absolute atomic E-state index is 12.4. The lowest BCUT2D eigenvalue weighted by atomic mass is 9.81. The molecule has 0 saturated carbocycles. The number of imide groups is 1. The molecule has 3 aliphatic heterocycles. The van der Waals surface area contributed by atoms with E-state index in [1.807, 2.05) is 88.5 Å². The van der Waals surface area contributed by atoms with Crippen LogP contribution in [0.5, 0.6) is 0 Å². The van der Waals surface area contributed by atoms with Crippen LogP contribution in [0.25, 0.3) is 0 Å². The molecule has 0 bridgehead atoms. The van der Waals surface area contributed by atoms with E-state index in [1.165, 1.54) is 23.8 Å². The number of carbonyl (C=O) groups excluding carboxylic acids is 3. The van der Waals surface area contributed by atoms with Crippen LogP contribution in [-0.2, 0) is 50.3 Å². The van der Waals surface area contributed by atoms with Crippen LogP contribution in [0, 0.1) is 0 Å². The highest BCUT2D eigenvalue weighted by Crippen LogP contribution is 2.49. The molecule has 61 heavy (non-hydrogen) atoms. The van der Waals surface area contributed by atoms with Gasteiger partial charge in [0.25, 0.3) is 32.1 Å². The van der Waals surface area contributed by atoms with Crippen LogP contribution in [0.2, 0.25) is 0 Å². The topological polar surface area (TPSA) is 179 Å². The van der Waals surface area contributed by atoms with Crippen LogP contribution in [0.3, 0.4) is 0 Å². The van der Waals surface area contributed by atoms with E-state index in [0.717, 1.165) is 46.8 Å². The number of allylic oxidation sites excluding steroid dienone is 14. The van der Waals surface area contributed by atoms with Gasteiger partial charge in [-0.2, -0.15) is 21.4 Å². The molecule has 1 saturated heterocycles. The van der Waals surface area contributed by atoms with Gasteiger partial charge in [0.05, 0.1) is 15.2 Å². The van der Waals surface area contributed by atoms with Gasteiger partial charge in [-0.05, 0) is 80.7 Å². The molecular weight excluding hydrogens is 819 g/mol. The zero-order chi connectivity index (χ0) is 44.2. The molecule has 322 valence electrons. The third-order valence-electron chi connectivity index (χ3n) is 11.4. The summed E-state index contributed by atoms with van der Waals surface area (Å²) in [4.78, 5) is 42.7. The number of hydrogen-bond acceptors (Lipinski definition) is 9. The number of benzene rings is 2. The molecular formula is C46H52N3O10S2+. The largest absolute Gasteiger partial charge is 0.344 e. The molecule has 0 unspecified atom stereocenters. The predicted octanol–water partition coefficient (Wildman–Crippen LogP) is 7.91. The molecule has 2 N–H and O–H groups in total. The Hall–Kier alpha value is -5.48. The highest BCUT2D eigenvalue weighted by atomic mass is 32.2. The van der Waals surface area contributed by atoms with Crippen molar-refractivity contribution >= 4 is 55.1 Å². The Kier molecular flexibility index (Phi) is 13.5.